The second-order valence-corrected chi connectivity index (χ2v) is 12.2. The van der Waals surface area contributed by atoms with Crippen LogP contribution < -0.4 is 0 Å². The van der Waals surface area contributed by atoms with Crippen LogP contribution in [-0.2, 0) is 39.9 Å². The number of benzene rings is 1. The molecule has 2 heterocycles. The first-order valence-electron chi connectivity index (χ1n) is 14.4. The molecule has 1 saturated heterocycles. The fraction of sp³-hybridized carbons (Fsp3) is 0.594. The van der Waals surface area contributed by atoms with Crippen LogP contribution >= 0.6 is 0 Å². The molecule has 0 bridgehead atoms. The van der Waals surface area contributed by atoms with Gasteiger partial charge in [0.25, 0.3) is 5.91 Å². The van der Waals surface area contributed by atoms with E-state index in [0.717, 1.165) is 12.0 Å². The number of Topliss-reactive ketones (excluding diaryl/α,β-unsaturated/α-hetero) is 1. The van der Waals surface area contributed by atoms with Crippen molar-refractivity contribution >= 4 is 29.4 Å². The molecule has 2 aliphatic heterocycles. The minimum Gasteiger partial charge on any atom is -0.465 e. The Kier molecular flexibility index (Phi) is 10.8. The van der Waals surface area contributed by atoms with Gasteiger partial charge in [-0.25, -0.2) is 4.79 Å². The highest BCUT2D eigenvalue weighted by Crippen LogP contribution is 2.31. The zero-order valence-corrected chi connectivity index (χ0v) is 24.3. The van der Waals surface area contributed by atoms with Crippen molar-refractivity contribution in [1.29, 1.82) is 0 Å². The minimum absolute atomic E-state index is 0.0664. The van der Waals surface area contributed by atoms with Crippen molar-refractivity contribution in [2.24, 2.45) is 10.8 Å². The highest BCUT2D eigenvalue weighted by atomic mass is 16.5. The third kappa shape index (κ3) is 8.60. The summed E-state index contributed by atoms with van der Waals surface area (Å²) in [6.07, 6.45) is 7.14. The Morgan fingerprint density at radius 1 is 0.900 bits per heavy atom. The number of hydrogen-bond donors (Lipinski definition) is 0. The van der Waals surface area contributed by atoms with Crippen molar-refractivity contribution in [3.63, 3.8) is 0 Å². The van der Waals surface area contributed by atoms with E-state index in [1.807, 2.05) is 44.2 Å². The molecule has 40 heavy (non-hydrogen) atoms. The third-order valence-electron chi connectivity index (χ3n) is 7.82. The summed E-state index contributed by atoms with van der Waals surface area (Å²) < 4.78 is 11.4. The number of cyclic esters (lactones) is 2. The molecular weight excluding hydrogens is 510 g/mol. The van der Waals surface area contributed by atoms with Crippen LogP contribution in [0.15, 0.2) is 42.5 Å². The van der Waals surface area contributed by atoms with Crippen LogP contribution in [0.1, 0.15) is 84.6 Å². The number of rotatable bonds is 3. The molecule has 0 saturated carbocycles. The number of aryl methyl sites for hydroxylation is 1. The largest absolute Gasteiger partial charge is 0.465 e. The van der Waals surface area contributed by atoms with Gasteiger partial charge in [-0.15, -0.1) is 0 Å². The van der Waals surface area contributed by atoms with Crippen LogP contribution in [0, 0.1) is 10.8 Å². The van der Waals surface area contributed by atoms with E-state index in [2.05, 4.69) is 0 Å². The molecule has 0 N–H and O–H groups in total. The molecule has 0 unspecified atom stereocenters. The molecule has 218 valence electrons. The second-order valence-electron chi connectivity index (χ2n) is 12.2. The summed E-state index contributed by atoms with van der Waals surface area (Å²) >= 11 is 0. The number of allylic oxidation sites excluding steroid dienone is 1. The Labute approximate surface area is 237 Å². The molecule has 0 aliphatic carbocycles. The molecule has 8 nitrogen and oxygen atoms in total. The van der Waals surface area contributed by atoms with E-state index >= 15 is 0 Å². The highest BCUT2D eigenvalue weighted by Gasteiger charge is 2.43. The van der Waals surface area contributed by atoms with E-state index in [0.29, 0.717) is 38.5 Å². The number of nitrogens with zero attached hydrogens (tertiary/aromatic N) is 1. The van der Waals surface area contributed by atoms with Crippen LogP contribution in [-0.4, -0.2) is 59.6 Å². The molecule has 3 rings (SSSR count). The number of ether oxygens (including phenoxy) is 2. The summed E-state index contributed by atoms with van der Waals surface area (Å²) in [7, 11) is 0. The van der Waals surface area contributed by atoms with Gasteiger partial charge in [-0.3, -0.25) is 19.2 Å². The van der Waals surface area contributed by atoms with E-state index in [-0.39, 0.29) is 31.8 Å². The van der Waals surface area contributed by atoms with Gasteiger partial charge in [0, 0.05) is 24.8 Å². The fourth-order valence-corrected chi connectivity index (χ4v) is 5.05. The molecule has 0 spiro atoms. The number of amides is 1. The van der Waals surface area contributed by atoms with Crippen LogP contribution in [0.2, 0.25) is 0 Å². The molecule has 1 aromatic rings. The number of carbonyl (C=O) groups is 5. The van der Waals surface area contributed by atoms with E-state index in [4.69, 9.17) is 9.47 Å². The van der Waals surface area contributed by atoms with E-state index in [1.54, 1.807) is 19.9 Å². The number of fused-ring (bicyclic) bond motifs is 1. The second kappa shape index (κ2) is 13.9. The van der Waals surface area contributed by atoms with Crippen molar-refractivity contribution in [2.45, 2.75) is 97.6 Å². The van der Waals surface area contributed by atoms with E-state index in [1.165, 1.54) is 11.0 Å². The van der Waals surface area contributed by atoms with Gasteiger partial charge < -0.3 is 14.4 Å². The van der Waals surface area contributed by atoms with Gasteiger partial charge >= 0.3 is 11.9 Å². The summed E-state index contributed by atoms with van der Waals surface area (Å²) in [4.78, 5) is 66.4. The maximum absolute atomic E-state index is 13.6. The number of carbonyl (C=O) groups excluding carboxylic acids is 5. The Balaban J connectivity index is 1.91. The first-order chi connectivity index (χ1) is 18.9. The normalized spacial score (nSPS) is 26.0. The zero-order valence-electron chi connectivity index (χ0n) is 24.3. The molecule has 0 aromatic heterocycles. The lowest BCUT2D eigenvalue weighted by Crippen LogP contribution is -2.54. The van der Waals surface area contributed by atoms with E-state index in [9.17, 15) is 24.0 Å². The smallest absolute Gasteiger partial charge is 0.329 e. The average Bonchev–Trinajstić information content (AvgIpc) is 2.94. The molecule has 2 aliphatic rings. The maximum Gasteiger partial charge on any atom is 0.329 e. The highest BCUT2D eigenvalue weighted by molar-refractivity contribution is 6.38. The lowest BCUT2D eigenvalue weighted by molar-refractivity contribution is -0.168. The average molecular weight is 554 g/mol. The molecule has 2 atom stereocenters. The summed E-state index contributed by atoms with van der Waals surface area (Å²) in [5.41, 5.74) is -0.820. The Hall–Kier alpha value is -3.29. The molecular formula is C32H43NO7. The Morgan fingerprint density at radius 2 is 1.60 bits per heavy atom. The lowest BCUT2D eigenvalue weighted by Gasteiger charge is -2.38. The van der Waals surface area contributed by atoms with Gasteiger partial charge in [-0.2, -0.15) is 0 Å². The quantitative estimate of drug-likeness (QED) is 0.392. The van der Waals surface area contributed by atoms with Gasteiger partial charge in [0.1, 0.15) is 18.8 Å². The van der Waals surface area contributed by atoms with E-state index < -0.39 is 46.6 Å². The van der Waals surface area contributed by atoms with Crippen molar-refractivity contribution < 1.29 is 33.4 Å². The fourth-order valence-electron chi connectivity index (χ4n) is 5.05. The van der Waals surface area contributed by atoms with Gasteiger partial charge in [0.05, 0.1) is 5.41 Å². The van der Waals surface area contributed by atoms with Gasteiger partial charge in [0.15, 0.2) is 5.78 Å². The predicted molar refractivity (Wildman–Crippen MR) is 150 cm³/mol. The van der Waals surface area contributed by atoms with Crippen molar-refractivity contribution in [1.82, 2.24) is 4.90 Å². The monoisotopic (exact) mass is 553 g/mol. The Morgan fingerprint density at radius 3 is 2.33 bits per heavy atom. The summed E-state index contributed by atoms with van der Waals surface area (Å²) in [6, 6.07) is 9.01. The van der Waals surface area contributed by atoms with Crippen molar-refractivity contribution in [2.75, 3.05) is 13.2 Å². The first-order valence-corrected chi connectivity index (χ1v) is 14.4. The third-order valence-corrected chi connectivity index (χ3v) is 7.82. The zero-order chi connectivity index (χ0) is 29.3. The number of esters is 2. The molecule has 1 amide bonds. The standard InChI is InChI=1S/C32H43NO7/c1-31(2)20-19-24(34)14-8-9-16-27(35)39-22-32(3,4)28(36)29(37)33-21-11-10-15-25(33)30(38)40-26(31)18-17-23-12-6-5-7-13-23/h5-7,12-13,19-20,25-26H,8-11,14-18,21-22H2,1-4H3/b20-19+/t25-,26+/m0/s1. The van der Waals surface area contributed by atoms with Gasteiger partial charge in [0.2, 0.25) is 5.78 Å². The van der Waals surface area contributed by atoms with Crippen molar-refractivity contribution in [3.05, 3.63) is 48.0 Å². The number of piperidine rings is 1. The number of hydrogen-bond acceptors (Lipinski definition) is 7. The molecule has 1 aromatic carbocycles. The minimum atomic E-state index is -1.25. The lowest BCUT2D eigenvalue weighted by atomic mass is 9.82. The van der Waals surface area contributed by atoms with Crippen LogP contribution in [0.5, 0.6) is 0 Å². The molecule has 8 heteroatoms. The molecule has 1 fully saturated rings. The first kappa shape index (κ1) is 31.2. The Bertz CT molecular complexity index is 1110. The van der Waals surface area contributed by atoms with Crippen LogP contribution in [0.25, 0.3) is 0 Å². The van der Waals surface area contributed by atoms with Crippen LogP contribution in [0.4, 0.5) is 0 Å². The summed E-state index contributed by atoms with van der Waals surface area (Å²) in [6.45, 7) is 7.01. The van der Waals surface area contributed by atoms with Crippen molar-refractivity contribution in [3.8, 4) is 0 Å². The van der Waals surface area contributed by atoms with Gasteiger partial charge in [-0.1, -0.05) is 50.3 Å². The SMILES string of the molecule is CC1(C)COC(=O)CCCCC(=O)/C=C/C(C)(C)[C@@H](CCc2ccccc2)OC(=O)[C@@H]2CCCCN2C(=O)C1=O. The van der Waals surface area contributed by atoms with Crippen LogP contribution in [0.3, 0.4) is 0 Å². The molecule has 0 radical (unpaired) electrons. The number of ketones is 2. The maximum atomic E-state index is 13.6. The van der Waals surface area contributed by atoms with Gasteiger partial charge in [-0.05, 0) is 70.4 Å². The predicted octanol–water partition coefficient (Wildman–Crippen LogP) is 4.78. The summed E-state index contributed by atoms with van der Waals surface area (Å²) in [5.74, 6) is -2.55. The topological polar surface area (TPSA) is 107 Å². The summed E-state index contributed by atoms with van der Waals surface area (Å²) in [5, 5.41) is 0.